The van der Waals surface area contributed by atoms with E-state index in [2.05, 4.69) is 10.3 Å². The second-order valence-corrected chi connectivity index (χ2v) is 10.6. The molecule has 3 aromatic rings. The summed E-state index contributed by atoms with van der Waals surface area (Å²) in [5, 5.41) is 3.71. The number of anilines is 1. The molecule has 33 heavy (non-hydrogen) atoms. The maximum absolute atomic E-state index is 13.2. The van der Waals surface area contributed by atoms with Crippen molar-refractivity contribution < 1.29 is 13.2 Å². The first-order chi connectivity index (χ1) is 15.7. The zero-order chi connectivity index (χ0) is 23.8. The molecule has 0 bridgehead atoms. The van der Waals surface area contributed by atoms with Crippen LogP contribution < -0.4 is 11.0 Å². The number of rotatable bonds is 5. The molecule has 10 heteroatoms. The number of carbonyl (C=O) groups excluding carboxylic acids is 1. The number of carbonyl (C=O) groups is 1. The molecular formula is C23H25ClN4O4S. The maximum atomic E-state index is 13.2. The van der Waals surface area contributed by atoms with E-state index in [4.69, 9.17) is 11.6 Å². The van der Waals surface area contributed by atoms with E-state index in [1.54, 1.807) is 24.3 Å². The summed E-state index contributed by atoms with van der Waals surface area (Å²) in [7, 11) is -3.67. The van der Waals surface area contributed by atoms with Crippen LogP contribution in [-0.2, 0) is 21.4 Å². The monoisotopic (exact) mass is 488 g/mol. The number of amides is 1. The van der Waals surface area contributed by atoms with Gasteiger partial charge in [0.25, 0.3) is 0 Å². The van der Waals surface area contributed by atoms with Crippen LogP contribution in [0.3, 0.4) is 0 Å². The Bertz CT molecular complexity index is 1390. The topological polar surface area (TPSA) is 101 Å². The van der Waals surface area contributed by atoms with E-state index in [0.29, 0.717) is 28.2 Å². The third kappa shape index (κ3) is 4.80. The fraction of sp³-hybridized carbons (Fsp3) is 0.348. The van der Waals surface area contributed by atoms with Crippen LogP contribution in [0.25, 0.3) is 10.9 Å². The minimum atomic E-state index is -3.67. The van der Waals surface area contributed by atoms with Crippen LogP contribution in [-0.4, -0.2) is 40.8 Å². The molecule has 1 aromatic heterocycles. The van der Waals surface area contributed by atoms with Crippen LogP contribution in [0.5, 0.6) is 0 Å². The smallest absolute Gasteiger partial charge is 0.324 e. The quantitative estimate of drug-likeness (QED) is 0.591. The zero-order valence-electron chi connectivity index (χ0n) is 18.4. The molecule has 2 aromatic carbocycles. The van der Waals surface area contributed by atoms with Crippen molar-refractivity contribution >= 4 is 44.1 Å². The molecule has 1 atom stereocenters. The SMILES string of the molecule is Cc1ccc(NC(=O)Cn2c(=O)ncc3cc(S(=O)(=O)N4CCCC[C@H]4C)ccc32)cc1Cl. The third-order valence-electron chi connectivity index (χ3n) is 5.94. The van der Waals surface area contributed by atoms with Crippen molar-refractivity contribution in [1.29, 1.82) is 0 Å². The molecule has 1 amide bonds. The normalized spacial score (nSPS) is 17.2. The summed E-state index contributed by atoms with van der Waals surface area (Å²) < 4.78 is 29.1. The number of sulfonamides is 1. The predicted octanol–water partition coefficient (Wildman–Crippen LogP) is 3.56. The lowest BCUT2D eigenvalue weighted by molar-refractivity contribution is -0.116. The van der Waals surface area contributed by atoms with Gasteiger partial charge in [0.2, 0.25) is 15.9 Å². The number of benzene rings is 2. The average molecular weight is 489 g/mol. The van der Waals surface area contributed by atoms with E-state index in [0.717, 1.165) is 24.8 Å². The highest BCUT2D eigenvalue weighted by Crippen LogP contribution is 2.27. The summed E-state index contributed by atoms with van der Waals surface area (Å²) in [5.41, 5.74) is 1.23. The Labute approximate surface area is 197 Å². The van der Waals surface area contributed by atoms with E-state index >= 15 is 0 Å². The van der Waals surface area contributed by atoms with Crippen LogP contribution in [0.1, 0.15) is 31.7 Å². The van der Waals surface area contributed by atoms with Gasteiger partial charge < -0.3 is 5.32 Å². The second-order valence-electron chi connectivity index (χ2n) is 8.32. The molecule has 0 spiro atoms. The summed E-state index contributed by atoms with van der Waals surface area (Å²) in [4.78, 5) is 29.0. The summed E-state index contributed by atoms with van der Waals surface area (Å²) in [5.74, 6) is -0.426. The van der Waals surface area contributed by atoms with Gasteiger partial charge in [-0.05, 0) is 62.6 Å². The number of hydrogen-bond acceptors (Lipinski definition) is 5. The number of fused-ring (bicyclic) bond motifs is 1. The van der Waals surface area contributed by atoms with Gasteiger partial charge in [0, 0.05) is 34.9 Å². The van der Waals surface area contributed by atoms with Crippen LogP contribution >= 0.6 is 11.6 Å². The second kappa shape index (κ2) is 9.24. The van der Waals surface area contributed by atoms with Gasteiger partial charge in [-0.2, -0.15) is 4.31 Å². The van der Waals surface area contributed by atoms with Gasteiger partial charge in [-0.15, -0.1) is 0 Å². The molecule has 174 valence electrons. The maximum Gasteiger partial charge on any atom is 0.348 e. The fourth-order valence-electron chi connectivity index (χ4n) is 4.07. The van der Waals surface area contributed by atoms with Crippen molar-refractivity contribution in [2.75, 3.05) is 11.9 Å². The van der Waals surface area contributed by atoms with Crippen molar-refractivity contribution in [2.45, 2.75) is 50.6 Å². The molecule has 0 unspecified atom stereocenters. The highest BCUT2D eigenvalue weighted by molar-refractivity contribution is 7.89. The number of nitrogens with one attached hydrogen (secondary N) is 1. The van der Waals surface area contributed by atoms with Crippen LogP contribution in [0.4, 0.5) is 5.69 Å². The van der Waals surface area contributed by atoms with Crippen LogP contribution in [0, 0.1) is 6.92 Å². The van der Waals surface area contributed by atoms with Crippen molar-refractivity contribution in [3.05, 3.63) is 63.7 Å². The summed E-state index contributed by atoms with van der Waals surface area (Å²) in [6, 6.07) is 9.62. The van der Waals surface area contributed by atoms with Crippen molar-refractivity contribution in [2.24, 2.45) is 0 Å². The standard InChI is InChI=1S/C23H25ClN4O4S/c1-15-6-7-18(12-20(15)24)26-22(29)14-27-21-9-8-19(11-17(21)13-25-23(27)30)33(31,32)28-10-4-3-5-16(28)2/h6-9,11-13,16H,3-5,10,14H2,1-2H3,(H,26,29)/t16-/m1/s1. The van der Waals surface area contributed by atoms with E-state index in [9.17, 15) is 18.0 Å². The summed E-state index contributed by atoms with van der Waals surface area (Å²) in [6.45, 7) is 3.99. The number of nitrogens with zero attached hydrogens (tertiary/aromatic N) is 3. The van der Waals surface area contributed by atoms with Crippen LogP contribution in [0.15, 0.2) is 52.3 Å². The predicted molar refractivity (Wildman–Crippen MR) is 128 cm³/mol. The Morgan fingerprint density at radius 2 is 2.00 bits per heavy atom. The molecule has 0 radical (unpaired) electrons. The Balaban J connectivity index is 1.63. The highest BCUT2D eigenvalue weighted by atomic mass is 35.5. The Morgan fingerprint density at radius 1 is 1.21 bits per heavy atom. The number of aromatic nitrogens is 2. The molecule has 8 nitrogen and oxygen atoms in total. The Kier molecular flexibility index (Phi) is 6.56. The van der Waals surface area contributed by atoms with E-state index < -0.39 is 21.6 Å². The minimum Gasteiger partial charge on any atom is -0.324 e. The molecule has 1 saturated heterocycles. The van der Waals surface area contributed by atoms with Gasteiger partial charge in [-0.1, -0.05) is 24.1 Å². The molecular weight excluding hydrogens is 464 g/mol. The molecule has 1 aliphatic heterocycles. The van der Waals surface area contributed by atoms with E-state index in [1.165, 1.54) is 27.2 Å². The van der Waals surface area contributed by atoms with Crippen molar-refractivity contribution in [3.63, 3.8) is 0 Å². The van der Waals surface area contributed by atoms with Gasteiger partial charge in [0.1, 0.15) is 6.54 Å². The molecule has 1 fully saturated rings. The highest BCUT2D eigenvalue weighted by Gasteiger charge is 2.31. The summed E-state index contributed by atoms with van der Waals surface area (Å²) in [6.07, 6.45) is 4.01. The first-order valence-corrected chi connectivity index (χ1v) is 12.6. The van der Waals surface area contributed by atoms with Crippen molar-refractivity contribution in [3.8, 4) is 0 Å². The molecule has 1 N–H and O–H groups in total. The molecule has 1 aliphatic rings. The summed E-state index contributed by atoms with van der Waals surface area (Å²) >= 11 is 6.11. The largest absolute Gasteiger partial charge is 0.348 e. The molecule has 0 aliphatic carbocycles. The first-order valence-electron chi connectivity index (χ1n) is 10.7. The number of aryl methyl sites for hydroxylation is 1. The van der Waals surface area contributed by atoms with E-state index in [-0.39, 0.29) is 17.5 Å². The third-order valence-corrected chi connectivity index (χ3v) is 8.36. The number of hydrogen-bond donors (Lipinski definition) is 1. The number of piperidine rings is 1. The number of halogens is 1. The van der Waals surface area contributed by atoms with E-state index in [1.807, 2.05) is 13.8 Å². The Morgan fingerprint density at radius 3 is 2.73 bits per heavy atom. The average Bonchev–Trinajstić information content (AvgIpc) is 2.78. The lowest BCUT2D eigenvalue weighted by Crippen LogP contribution is -2.41. The molecule has 0 saturated carbocycles. The van der Waals surface area contributed by atoms with Gasteiger partial charge in [0.05, 0.1) is 10.4 Å². The zero-order valence-corrected chi connectivity index (χ0v) is 20.0. The first kappa shape index (κ1) is 23.4. The van der Waals surface area contributed by atoms with Gasteiger partial charge in [-0.25, -0.2) is 18.2 Å². The fourth-order valence-corrected chi connectivity index (χ4v) is 5.99. The van der Waals surface area contributed by atoms with Crippen LogP contribution in [0.2, 0.25) is 5.02 Å². The van der Waals surface area contributed by atoms with Gasteiger partial charge in [-0.3, -0.25) is 9.36 Å². The van der Waals surface area contributed by atoms with Gasteiger partial charge >= 0.3 is 5.69 Å². The lowest BCUT2D eigenvalue weighted by Gasteiger charge is -2.32. The van der Waals surface area contributed by atoms with Crippen molar-refractivity contribution in [1.82, 2.24) is 13.9 Å². The molecule has 4 rings (SSSR count). The Hall–Kier alpha value is -2.75. The lowest BCUT2D eigenvalue weighted by atomic mass is 10.1. The molecule has 2 heterocycles. The van der Waals surface area contributed by atoms with Gasteiger partial charge in [0.15, 0.2) is 0 Å². The minimum absolute atomic E-state index is 0.0644.